The fourth-order valence-corrected chi connectivity index (χ4v) is 1.84. The van der Waals surface area contributed by atoms with E-state index in [0.29, 0.717) is 0 Å². The summed E-state index contributed by atoms with van der Waals surface area (Å²) in [6.45, 7) is 11.0. The third kappa shape index (κ3) is 4.10. The van der Waals surface area contributed by atoms with Gasteiger partial charge in [-0.1, -0.05) is 26.7 Å². The maximum atomic E-state index is 2.58. The largest absolute Gasteiger partial charge is 0.289 e. The van der Waals surface area contributed by atoms with E-state index < -0.39 is 0 Å². The van der Waals surface area contributed by atoms with Crippen molar-refractivity contribution in [3.63, 3.8) is 0 Å². The standard InChI is InChI=1S/C11H24N2/c1-3-5-7-12-9-10-13(11-12)8-6-4-2/h3-11H2,1-2H3. The van der Waals surface area contributed by atoms with Crippen molar-refractivity contribution in [2.24, 2.45) is 0 Å². The Morgan fingerprint density at radius 1 is 0.846 bits per heavy atom. The number of hydrogen-bond acceptors (Lipinski definition) is 2. The fraction of sp³-hybridized carbons (Fsp3) is 1.00. The summed E-state index contributed by atoms with van der Waals surface area (Å²) in [4.78, 5) is 5.16. The molecule has 0 bridgehead atoms. The zero-order valence-electron chi connectivity index (χ0n) is 9.26. The quantitative estimate of drug-likeness (QED) is 0.624. The Kier molecular flexibility index (Phi) is 5.40. The summed E-state index contributed by atoms with van der Waals surface area (Å²) >= 11 is 0. The van der Waals surface area contributed by atoms with Gasteiger partial charge in [-0.2, -0.15) is 0 Å². The van der Waals surface area contributed by atoms with Crippen LogP contribution in [0.5, 0.6) is 0 Å². The second kappa shape index (κ2) is 6.39. The minimum absolute atomic E-state index is 1.22. The van der Waals surface area contributed by atoms with Crippen LogP contribution < -0.4 is 0 Å². The van der Waals surface area contributed by atoms with Gasteiger partial charge in [0.1, 0.15) is 0 Å². The van der Waals surface area contributed by atoms with Crippen LogP contribution in [0.4, 0.5) is 0 Å². The van der Waals surface area contributed by atoms with Crippen LogP contribution in [-0.2, 0) is 0 Å². The van der Waals surface area contributed by atoms with Crippen LogP contribution in [-0.4, -0.2) is 42.6 Å². The van der Waals surface area contributed by atoms with Gasteiger partial charge in [-0.25, -0.2) is 0 Å². The summed E-state index contributed by atoms with van der Waals surface area (Å²) < 4.78 is 0. The van der Waals surface area contributed by atoms with Gasteiger partial charge in [0, 0.05) is 13.1 Å². The molecule has 2 heteroatoms. The van der Waals surface area contributed by atoms with Gasteiger partial charge in [0.25, 0.3) is 0 Å². The monoisotopic (exact) mass is 184 g/mol. The van der Waals surface area contributed by atoms with E-state index in [4.69, 9.17) is 0 Å². The third-order valence-electron chi connectivity index (χ3n) is 2.79. The lowest BCUT2D eigenvalue weighted by Gasteiger charge is -2.17. The van der Waals surface area contributed by atoms with Crippen molar-refractivity contribution in [1.82, 2.24) is 9.80 Å². The Bertz CT molecular complexity index is 111. The molecule has 0 unspecified atom stereocenters. The number of unbranched alkanes of at least 4 members (excludes halogenated alkanes) is 2. The summed E-state index contributed by atoms with van der Waals surface area (Å²) in [7, 11) is 0. The molecule has 0 aromatic carbocycles. The number of rotatable bonds is 6. The highest BCUT2D eigenvalue weighted by Crippen LogP contribution is 2.07. The van der Waals surface area contributed by atoms with Crippen LogP contribution in [0, 0.1) is 0 Å². The highest BCUT2D eigenvalue weighted by Gasteiger charge is 2.17. The number of nitrogens with zero attached hydrogens (tertiary/aromatic N) is 2. The van der Waals surface area contributed by atoms with Crippen LogP contribution in [0.1, 0.15) is 39.5 Å². The van der Waals surface area contributed by atoms with E-state index in [0.717, 1.165) is 0 Å². The molecule has 1 rings (SSSR count). The molecule has 0 aliphatic carbocycles. The molecule has 0 N–H and O–H groups in total. The van der Waals surface area contributed by atoms with Crippen molar-refractivity contribution in [3.05, 3.63) is 0 Å². The first-order valence-electron chi connectivity index (χ1n) is 5.81. The molecule has 0 saturated carbocycles. The average Bonchev–Trinajstić information content (AvgIpc) is 2.59. The molecule has 1 aliphatic heterocycles. The van der Waals surface area contributed by atoms with Gasteiger partial charge < -0.3 is 0 Å². The Hall–Kier alpha value is -0.0800. The van der Waals surface area contributed by atoms with Crippen LogP contribution in [0.3, 0.4) is 0 Å². The Morgan fingerprint density at radius 3 is 1.69 bits per heavy atom. The fourth-order valence-electron chi connectivity index (χ4n) is 1.84. The molecule has 0 atom stereocenters. The van der Waals surface area contributed by atoms with E-state index in [9.17, 15) is 0 Å². The topological polar surface area (TPSA) is 6.48 Å². The van der Waals surface area contributed by atoms with Crippen LogP contribution in [0.15, 0.2) is 0 Å². The van der Waals surface area contributed by atoms with E-state index in [1.165, 1.54) is 58.5 Å². The zero-order chi connectivity index (χ0) is 9.52. The van der Waals surface area contributed by atoms with Crippen LogP contribution in [0.25, 0.3) is 0 Å². The molecule has 13 heavy (non-hydrogen) atoms. The first-order valence-corrected chi connectivity index (χ1v) is 5.81. The van der Waals surface area contributed by atoms with E-state index >= 15 is 0 Å². The third-order valence-corrected chi connectivity index (χ3v) is 2.79. The Balaban J connectivity index is 2.05. The van der Waals surface area contributed by atoms with Crippen molar-refractivity contribution in [2.45, 2.75) is 39.5 Å². The summed E-state index contributed by atoms with van der Waals surface area (Å²) in [5.74, 6) is 0. The SMILES string of the molecule is CCCCN1CCN(CCCC)C1. The molecule has 2 nitrogen and oxygen atoms in total. The normalized spacial score (nSPS) is 19.8. The first-order chi connectivity index (χ1) is 6.36. The van der Waals surface area contributed by atoms with E-state index in [2.05, 4.69) is 23.6 Å². The summed E-state index contributed by atoms with van der Waals surface area (Å²) in [6.07, 6.45) is 5.38. The lowest BCUT2D eigenvalue weighted by atomic mass is 10.3. The van der Waals surface area contributed by atoms with Crippen molar-refractivity contribution >= 4 is 0 Å². The summed E-state index contributed by atoms with van der Waals surface area (Å²) in [6, 6.07) is 0. The second-order valence-electron chi connectivity index (χ2n) is 4.08. The molecule has 1 aliphatic rings. The Labute approximate surface area is 82.9 Å². The van der Waals surface area contributed by atoms with Gasteiger partial charge in [-0.3, -0.25) is 9.80 Å². The average molecular weight is 184 g/mol. The van der Waals surface area contributed by atoms with Crippen molar-refractivity contribution < 1.29 is 0 Å². The molecular weight excluding hydrogens is 160 g/mol. The van der Waals surface area contributed by atoms with Gasteiger partial charge in [0.15, 0.2) is 0 Å². The first kappa shape index (κ1) is 11.0. The van der Waals surface area contributed by atoms with Crippen molar-refractivity contribution in [3.8, 4) is 0 Å². The van der Waals surface area contributed by atoms with E-state index in [-0.39, 0.29) is 0 Å². The highest BCUT2D eigenvalue weighted by molar-refractivity contribution is 4.70. The smallest absolute Gasteiger partial charge is 0.0507 e. The molecule has 0 aromatic rings. The molecule has 1 saturated heterocycles. The zero-order valence-corrected chi connectivity index (χ0v) is 9.26. The Morgan fingerprint density at radius 2 is 1.31 bits per heavy atom. The summed E-state index contributed by atoms with van der Waals surface area (Å²) in [5.41, 5.74) is 0. The molecule has 0 amide bonds. The molecule has 0 radical (unpaired) electrons. The molecule has 0 aromatic heterocycles. The van der Waals surface area contributed by atoms with E-state index in [1.807, 2.05) is 0 Å². The lowest BCUT2D eigenvalue weighted by Crippen LogP contribution is -2.26. The minimum atomic E-state index is 1.22. The van der Waals surface area contributed by atoms with Crippen LogP contribution >= 0.6 is 0 Å². The van der Waals surface area contributed by atoms with Gasteiger partial charge in [-0.15, -0.1) is 0 Å². The molecule has 1 heterocycles. The maximum absolute atomic E-state index is 2.58. The lowest BCUT2D eigenvalue weighted by molar-refractivity contribution is 0.241. The number of hydrogen-bond donors (Lipinski definition) is 0. The van der Waals surface area contributed by atoms with Gasteiger partial charge in [0.05, 0.1) is 6.67 Å². The van der Waals surface area contributed by atoms with Crippen LogP contribution in [0.2, 0.25) is 0 Å². The molecule has 78 valence electrons. The van der Waals surface area contributed by atoms with Gasteiger partial charge in [-0.05, 0) is 25.9 Å². The maximum Gasteiger partial charge on any atom is 0.0507 e. The highest BCUT2D eigenvalue weighted by atomic mass is 15.4. The summed E-state index contributed by atoms with van der Waals surface area (Å²) in [5, 5.41) is 0. The molecule has 1 fully saturated rings. The van der Waals surface area contributed by atoms with Crippen molar-refractivity contribution in [2.75, 3.05) is 32.8 Å². The molecular formula is C11H24N2. The molecule has 0 spiro atoms. The van der Waals surface area contributed by atoms with E-state index in [1.54, 1.807) is 0 Å². The van der Waals surface area contributed by atoms with Gasteiger partial charge in [0.2, 0.25) is 0 Å². The predicted molar refractivity (Wildman–Crippen MR) is 57.8 cm³/mol. The minimum Gasteiger partial charge on any atom is -0.289 e. The van der Waals surface area contributed by atoms with Crippen molar-refractivity contribution in [1.29, 1.82) is 0 Å². The van der Waals surface area contributed by atoms with Gasteiger partial charge >= 0.3 is 0 Å². The second-order valence-corrected chi connectivity index (χ2v) is 4.08. The predicted octanol–water partition coefficient (Wildman–Crippen LogP) is 2.16.